The first-order valence-electron chi connectivity index (χ1n) is 4.72. The third kappa shape index (κ3) is 4.02. The topological polar surface area (TPSA) is 64.1 Å². The number of aromatic nitrogens is 2. The van der Waals surface area contributed by atoms with Crippen molar-refractivity contribution < 1.29 is 5.11 Å². The highest BCUT2D eigenvalue weighted by atomic mass is 32.2. The van der Waals surface area contributed by atoms with Crippen molar-refractivity contribution in [1.29, 1.82) is 0 Å². The summed E-state index contributed by atoms with van der Waals surface area (Å²) < 4.78 is 1.84. The zero-order valence-corrected chi connectivity index (χ0v) is 9.20. The minimum atomic E-state index is 0.267. The maximum absolute atomic E-state index is 8.71. The number of nitrogens with zero attached hydrogens (tertiary/aromatic N) is 2. The Morgan fingerprint density at radius 1 is 1.71 bits per heavy atom. The predicted molar refractivity (Wildman–Crippen MR) is 60.3 cm³/mol. The van der Waals surface area contributed by atoms with Crippen molar-refractivity contribution in [3.63, 3.8) is 0 Å². The summed E-state index contributed by atoms with van der Waals surface area (Å²) in [5.41, 5.74) is 6.24. The van der Waals surface area contributed by atoms with Gasteiger partial charge in [-0.25, -0.2) is 0 Å². The molecule has 0 saturated heterocycles. The highest BCUT2D eigenvalue weighted by Gasteiger charge is 2.01. The van der Waals surface area contributed by atoms with E-state index < -0.39 is 0 Å². The SMILES string of the molecule is CC(CCO)SCCn1cc(N)cn1. The Balaban J connectivity index is 2.15. The van der Waals surface area contributed by atoms with Crippen LogP contribution in [0.1, 0.15) is 13.3 Å². The lowest BCUT2D eigenvalue weighted by molar-refractivity contribution is 0.289. The van der Waals surface area contributed by atoms with E-state index in [4.69, 9.17) is 10.8 Å². The number of thioether (sulfide) groups is 1. The lowest BCUT2D eigenvalue weighted by atomic mass is 10.3. The van der Waals surface area contributed by atoms with Crippen molar-refractivity contribution in [2.75, 3.05) is 18.1 Å². The van der Waals surface area contributed by atoms with Crippen molar-refractivity contribution in [2.45, 2.75) is 25.1 Å². The van der Waals surface area contributed by atoms with Crippen LogP contribution in [-0.4, -0.2) is 32.5 Å². The van der Waals surface area contributed by atoms with Gasteiger partial charge < -0.3 is 10.8 Å². The van der Waals surface area contributed by atoms with Gasteiger partial charge in [0.1, 0.15) is 0 Å². The molecule has 1 heterocycles. The normalized spacial score (nSPS) is 13.0. The van der Waals surface area contributed by atoms with Gasteiger partial charge in [-0.05, 0) is 6.42 Å². The van der Waals surface area contributed by atoms with Crippen LogP contribution in [0.3, 0.4) is 0 Å². The minimum absolute atomic E-state index is 0.267. The molecule has 1 atom stereocenters. The van der Waals surface area contributed by atoms with Crippen LogP contribution in [0.2, 0.25) is 0 Å². The first kappa shape index (κ1) is 11.4. The number of hydrogen-bond donors (Lipinski definition) is 2. The second-order valence-corrected chi connectivity index (χ2v) is 4.78. The molecule has 0 aromatic carbocycles. The summed E-state index contributed by atoms with van der Waals surface area (Å²) in [6, 6.07) is 0. The van der Waals surface area contributed by atoms with E-state index in [1.807, 2.05) is 22.6 Å². The standard InChI is InChI=1S/C9H17N3OS/c1-8(2-4-13)14-5-3-12-7-9(10)6-11-12/h6-8,13H,2-5,10H2,1H3. The molecule has 1 rings (SSSR count). The summed E-state index contributed by atoms with van der Waals surface area (Å²) in [6.45, 7) is 3.26. The van der Waals surface area contributed by atoms with Crippen LogP contribution in [0.5, 0.6) is 0 Å². The summed E-state index contributed by atoms with van der Waals surface area (Å²) >= 11 is 1.84. The van der Waals surface area contributed by atoms with Crippen LogP contribution in [0.15, 0.2) is 12.4 Å². The van der Waals surface area contributed by atoms with E-state index in [1.165, 1.54) is 0 Å². The van der Waals surface area contributed by atoms with Crippen LogP contribution < -0.4 is 5.73 Å². The Morgan fingerprint density at radius 3 is 3.07 bits per heavy atom. The molecule has 0 radical (unpaired) electrons. The summed E-state index contributed by atoms with van der Waals surface area (Å²) in [5, 5.41) is 13.3. The molecule has 1 aromatic rings. The Bertz CT molecular complexity index is 264. The molecule has 0 bridgehead atoms. The molecule has 0 amide bonds. The van der Waals surface area contributed by atoms with E-state index in [2.05, 4.69) is 12.0 Å². The zero-order chi connectivity index (χ0) is 10.4. The predicted octanol–water partition coefficient (Wildman–Crippen LogP) is 0.969. The highest BCUT2D eigenvalue weighted by molar-refractivity contribution is 7.99. The van der Waals surface area contributed by atoms with Crippen molar-refractivity contribution >= 4 is 17.4 Å². The number of aliphatic hydroxyl groups excluding tert-OH is 1. The number of hydrogen-bond acceptors (Lipinski definition) is 4. The van der Waals surface area contributed by atoms with E-state index >= 15 is 0 Å². The van der Waals surface area contributed by atoms with Gasteiger partial charge in [0.15, 0.2) is 0 Å². The highest BCUT2D eigenvalue weighted by Crippen LogP contribution is 2.13. The zero-order valence-electron chi connectivity index (χ0n) is 8.39. The molecule has 5 heteroatoms. The molecule has 0 fully saturated rings. The molecule has 0 aliphatic carbocycles. The van der Waals surface area contributed by atoms with E-state index in [9.17, 15) is 0 Å². The van der Waals surface area contributed by atoms with Crippen LogP contribution in [0.25, 0.3) is 0 Å². The van der Waals surface area contributed by atoms with Crippen LogP contribution >= 0.6 is 11.8 Å². The largest absolute Gasteiger partial charge is 0.396 e. The second-order valence-electron chi connectivity index (χ2n) is 3.23. The fourth-order valence-corrected chi connectivity index (χ4v) is 2.08. The smallest absolute Gasteiger partial charge is 0.0719 e. The van der Waals surface area contributed by atoms with Gasteiger partial charge in [0.05, 0.1) is 18.4 Å². The molecule has 0 saturated carbocycles. The molecule has 1 unspecified atom stereocenters. The lowest BCUT2D eigenvalue weighted by Crippen LogP contribution is -2.05. The molecule has 4 nitrogen and oxygen atoms in total. The van der Waals surface area contributed by atoms with Gasteiger partial charge in [-0.15, -0.1) is 0 Å². The Morgan fingerprint density at radius 2 is 2.50 bits per heavy atom. The minimum Gasteiger partial charge on any atom is -0.396 e. The molecule has 0 spiro atoms. The van der Waals surface area contributed by atoms with Crippen molar-refractivity contribution in [2.24, 2.45) is 0 Å². The number of nitrogens with two attached hydrogens (primary N) is 1. The first-order chi connectivity index (χ1) is 6.72. The molecule has 0 aliphatic rings. The number of anilines is 1. The maximum Gasteiger partial charge on any atom is 0.0719 e. The molecular weight excluding hydrogens is 198 g/mol. The monoisotopic (exact) mass is 215 g/mol. The third-order valence-electron chi connectivity index (χ3n) is 1.91. The van der Waals surface area contributed by atoms with Gasteiger partial charge in [0.25, 0.3) is 0 Å². The first-order valence-corrected chi connectivity index (χ1v) is 5.77. The maximum atomic E-state index is 8.71. The van der Waals surface area contributed by atoms with Gasteiger partial charge in [-0.2, -0.15) is 16.9 Å². The van der Waals surface area contributed by atoms with Crippen LogP contribution in [0.4, 0.5) is 5.69 Å². The fraction of sp³-hybridized carbons (Fsp3) is 0.667. The van der Waals surface area contributed by atoms with Crippen LogP contribution in [0, 0.1) is 0 Å². The Kier molecular flexibility index (Phi) is 4.82. The number of aliphatic hydroxyl groups is 1. The van der Waals surface area contributed by atoms with Gasteiger partial charge in [-0.3, -0.25) is 4.68 Å². The summed E-state index contributed by atoms with van der Waals surface area (Å²) in [4.78, 5) is 0. The summed E-state index contributed by atoms with van der Waals surface area (Å²) in [5.74, 6) is 1.00. The van der Waals surface area contributed by atoms with Gasteiger partial charge in [0.2, 0.25) is 0 Å². The van der Waals surface area contributed by atoms with E-state index in [0.29, 0.717) is 10.9 Å². The fourth-order valence-electron chi connectivity index (χ4n) is 1.11. The van der Waals surface area contributed by atoms with Crippen molar-refractivity contribution in [1.82, 2.24) is 9.78 Å². The molecule has 14 heavy (non-hydrogen) atoms. The van der Waals surface area contributed by atoms with E-state index in [-0.39, 0.29) is 6.61 Å². The number of rotatable bonds is 6. The van der Waals surface area contributed by atoms with Crippen molar-refractivity contribution in [3.8, 4) is 0 Å². The Hall–Kier alpha value is -0.680. The van der Waals surface area contributed by atoms with E-state index in [1.54, 1.807) is 6.20 Å². The second kappa shape index (κ2) is 5.93. The third-order valence-corrected chi connectivity index (χ3v) is 3.13. The molecular formula is C9H17N3OS. The van der Waals surface area contributed by atoms with Crippen LogP contribution in [-0.2, 0) is 6.54 Å². The Labute approximate surface area is 88.5 Å². The lowest BCUT2D eigenvalue weighted by Gasteiger charge is -2.08. The number of nitrogen functional groups attached to an aromatic ring is 1. The van der Waals surface area contributed by atoms with E-state index in [0.717, 1.165) is 18.7 Å². The average molecular weight is 215 g/mol. The van der Waals surface area contributed by atoms with Gasteiger partial charge in [-0.1, -0.05) is 6.92 Å². The van der Waals surface area contributed by atoms with Gasteiger partial charge in [0, 0.05) is 23.8 Å². The summed E-state index contributed by atoms with van der Waals surface area (Å²) in [7, 11) is 0. The molecule has 0 aliphatic heterocycles. The quantitative estimate of drug-likeness (QED) is 0.742. The number of aryl methyl sites for hydroxylation is 1. The molecule has 80 valence electrons. The summed E-state index contributed by atoms with van der Waals surface area (Å²) in [6.07, 6.45) is 4.34. The molecule has 3 N–H and O–H groups in total. The van der Waals surface area contributed by atoms with Crippen molar-refractivity contribution in [3.05, 3.63) is 12.4 Å². The average Bonchev–Trinajstić information content (AvgIpc) is 2.52. The van der Waals surface area contributed by atoms with Gasteiger partial charge >= 0.3 is 0 Å². The molecule has 1 aromatic heterocycles.